The van der Waals surface area contributed by atoms with Gasteiger partial charge in [-0.1, -0.05) is 0 Å². The van der Waals surface area contributed by atoms with E-state index >= 15 is 0 Å². The molecule has 0 saturated carbocycles. The Balaban J connectivity index is 1.27. The molecule has 22 nitrogen and oxygen atoms in total. The van der Waals surface area contributed by atoms with Crippen LogP contribution >= 0.6 is 16.3 Å². The Hall–Kier alpha value is -4.37. The van der Waals surface area contributed by atoms with Crippen LogP contribution in [0.15, 0.2) is 51.0 Å². The summed E-state index contributed by atoms with van der Waals surface area (Å²) in [6.07, 6.45) is 0.262. The quantitative estimate of drug-likeness (QED) is 0.123. The number of nitrogens with one attached hydrogen (secondary N) is 4. The number of aliphatic hydroxyl groups is 1. The predicted molar refractivity (Wildman–Crippen MR) is 147 cm³/mol. The van der Waals surface area contributed by atoms with E-state index in [1.165, 1.54) is 4.90 Å². The normalized spacial score (nSPS) is 26.9. The molecule has 0 spiro atoms. The second-order valence-corrected chi connectivity index (χ2v) is 12.7. The van der Waals surface area contributed by atoms with Gasteiger partial charge in [0, 0.05) is 0 Å². The number of hydrogen-bond acceptors (Lipinski definition) is 20. The Morgan fingerprint density at radius 2 is 1.95 bits per heavy atom. The van der Waals surface area contributed by atoms with E-state index in [9.17, 15) is 34.6 Å². The molecule has 2 atom stereocenters. The maximum atomic E-state index is 12.2. The summed E-state index contributed by atoms with van der Waals surface area (Å²) in [5, 5.41) is 35.0. The molecule has 3 aromatic heterocycles. The van der Waals surface area contributed by atoms with Crippen molar-refractivity contribution in [3.8, 4) is 11.5 Å². The van der Waals surface area contributed by atoms with E-state index in [0.717, 1.165) is 17.2 Å². The SMILES string of the molecule is NC1=C2NCN(c3oc4c(c3O)O[PH](O)(O)O/C=C3/OC(n5ncc6c(=O)[nH]cnc65)=C(O[PH](O)(O)OC4)[C@@H]3O)C2NCN1. The van der Waals surface area contributed by atoms with Crippen LogP contribution in [0.1, 0.15) is 5.76 Å². The first-order valence-electron chi connectivity index (χ1n) is 12.6. The van der Waals surface area contributed by atoms with Crippen molar-refractivity contribution in [1.29, 1.82) is 0 Å². The van der Waals surface area contributed by atoms with Crippen LogP contribution in [-0.4, -0.2) is 75.1 Å². The van der Waals surface area contributed by atoms with E-state index in [1.54, 1.807) is 0 Å². The van der Waals surface area contributed by atoms with Gasteiger partial charge in [0.05, 0.1) is 0 Å². The molecule has 0 aliphatic carbocycles. The van der Waals surface area contributed by atoms with Crippen molar-refractivity contribution in [3.05, 3.63) is 57.9 Å². The number of aromatic amines is 1. The number of fused-ring (bicyclic) bond motifs is 5. The van der Waals surface area contributed by atoms with Gasteiger partial charge in [-0.05, 0) is 0 Å². The monoisotopic (exact) mass is 661 g/mol. The first-order chi connectivity index (χ1) is 20.9. The number of nitrogens with zero attached hydrogens (tertiary/aromatic N) is 4. The Morgan fingerprint density at radius 3 is 2.77 bits per heavy atom. The van der Waals surface area contributed by atoms with E-state index in [1.807, 2.05) is 0 Å². The number of anilines is 1. The van der Waals surface area contributed by atoms with Gasteiger partial charge in [-0.25, -0.2) is 0 Å². The van der Waals surface area contributed by atoms with Gasteiger partial charge in [0.15, 0.2) is 0 Å². The number of aromatic nitrogens is 4. The second-order valence-electron chi connectivity index (χ2n) is 9.53. The Labute approximate surface area is 244 Å². The first kappa shape index (κ1) is 28.4. The summed E-state index contributed by atoms with van der Waals surface area (Å²) in [6.45, 7) is -0.506. The number of ether oxygens (including phenoxy) is 1. The number of aromatic hydroxyl groups is 1. The molecular formula is C20H25N9O13P2. The molecule has 0 radical (unpaired) electrons. The molecule has 1 unspecified atom stereocenters. The van der Waals surface area contributed by atoms with E-state index in [2.05, 4.69) is 31.0 Å². The van der Waals surface area contributed by atoms with E-state index in [-0.39, 0.29) is 30.3 Å². The third-order valence-electron chi connectivity index (χ3n) is 6.75. The third kappa shape index (κ3) is 4.70. The number of aliphatic hydroxyl groups excluding tert-OH is 1. The summed E-state index contributed by atoms with van der Waals surface area (Å²) < 4.78 is 33.0. The molecule has 3 aromatic rings. The molecule has 12 N–H and O–H groups in total. The Morgan fingerprint density at radius 1 is 1.14 bits per heavy atom. The van der Waals surface area contributed by atoms with Gasteiger partial charge in [0.25, 0.3) is 0 Å². The topological polar surface area (TPSA) is 310 Å². The van der Waals surface area contributed by atoms with Crippen molar-refractivity contribution >= 4 is 39.1 Å². The average molecular weight is 661 g/mol. The fraction of sp³-hybridized carbons (Fsp3) is 0.250. The van der Waals surface area contributed by atoms with Crippen molar-refractivity contribution in [2.24, 2.45) is 5.73 Å². The summed E-state index contributed by atoms with van der Waals surface area (Å²) in [5.74, 6) is -3.36. The Bertz CT molecular complexity index is 1820. The zero-order valence-corrected chi connectivity index (χ0v) is 23.9. The van der Waals surface area contributed by atoms with Gasteiger partial charge < -0.3 is 0 Å². The minimum absolute atomic E-state index is 0.0120. The minimum atomic E-state index is -5.27. The molecule has 44 heavy (non-hydrogen) atoms. The summed E-state index contributed by atoms with van der Waals surface area (Å²) >= 11 is 0. The van der Waals surface area contributed by atoms with Crippen LogP contribution in [0.5, 0.6) is 11.5 Å². The molecule has 4 aliphatic rings. The average Bonchev–Trinajstić information content (AvgIpc) is 3.73. The standard InChI is InChI=1S/C20H25N9O13P2/c21-15-10-17(24-4-22-15)28(6-26-10)19-12(31)13-9(40-19)3-38-44(35,36)42-14-11(30)8(2-37-43(33,34)41-13)39-20(14)29-16-7(1-27-29)18(32)25-5-23-16/h1-2,5,11,17,22,24,26,30-31,33-36,43-44H,3-4,6,21H2,(H,23,25,32)/b8-2+/t11-,17?/m1/s1. The molecule has 7 heterocycles. The maximum absolute atomic E-state index is 12.2. The third-order valence-corrected chi connectivity index (χ3v) is 8.65. The number of rotatable bonds is 2. The fourth-order valence-electron chi connectivity index (χ4n) is 4.76. The van der Waals surface area contributed by atoms with Gasteiger partial charge in [0.2, 0.25) is 0 Å². The first-order valence-corrected chi connectivity index (χ1v) is 16.0. The van der Waals surface area contributed by atoms with Gasteiger partial charge in [0.1, 0.15) is 0 Å². The number of H-pyrrole nitrogens is 1. The molecule has 1 fully saturated rings. The van der Waals surface area contributed by atoms with Crippen LogP contribution in [0.25, 0.3) is 16.9 Å². The van der Waals surface area contributed by atoms with E-state index in [4.69, 9.17) is 33.0 Å². The van der Waals surface area contributed by atoms with Gasteiger partial charge in [-0.3, -0.25) is 0 Å². The molecule has 2 bridgehead atoms. The second kappa shape index (κ2) is 10.1. The Kier molecular flexibility index (Phi) is 6.51. The van der Waals surface area contributed by atoms with Crippen LogP contribution in [0.4, 0.5) is 5.88 Å². The zero-order valence-electron chi connectivity index (χ0n) is 21.9. The summed E-state index contributed by atoms with van der Waals surface area (Å²) in [5.41, 5.74) is 5.92. The summed E-state index contributed by atoms with van der Waals surface area (Å²) in [6, 6.07) is 0. The van der Waals surface area contributed by atoms with Crippen molar-refractivity contribution in [1.82, 2.24) is 35.7 Å². The summed E-state index contributed by atoms with van der Waals surface area (Å²) in [7, 11) is -10.5. The number of nitrogens with two attached hydrogens (primary N) is 1. The molecule has 0 aromatic carbocycles. The molecule has 7 rings (SSSR count). The van der Waals surface area contributed by atoms with Crippen molar-refractivity contribution in [3.63, 3.8) is 0 Å². The van der Waals surface area contributed by atoms with Crippen LogP contribution in [-0.2, 0) is 24.9 Å². The molecule has 238 valence electrons. The predicted octanol–water partition coefficient (Wildman–Crippen LogP) is -2.82. The van der Waals surface area contributed by atoms with Crippen LogP contribution in [0, 0.1) is 0 Å². The van der Waals surface area contributed by atoms with Crippen LogP contribution in [0.2, 0.25) is 0 Å². The van der Waals surface area contributed by atoms with Crippen molar-refractivity contribution < 1.29 is 57.0 Å². The van der Waals surface area contributed by atoms with E-state index in [0.29, 0.717) is 17.8 Å². The van der Waals surface area contributed by atoms with Crippen molar-refractivity contribution in [2.75, 3.05) is 18.2 Å². The molecular weight excluding hydrogens is 636 g/mol. The van der Waals surface area contributed by atoms with E-state index < -0.39 is 75.4 Å². The van der Waals surface area contributed by atoms with Gasteiger partial charge in [-0.2, -0.15) is 0 Å². The molecule has 1 saturated heterocycles. The number of hydrogen-bond donors (Lipinski definition) is 11. The molecule has 24 heteroatoms. The van der Waals surface area contributed by atoms with Crippen LogP contribution < -0.4 is 36.7 Å². The van der Waals surface area contributed by atoms with Gasteiger partial charge in [-0.15, -0.1) is 0 Å². The van der Waals surface area contributed by atoms with Crippen LogP contribution in [0.3, 0.4) is 0 Å². The zero-order chi connectivity index (χ0) is 31.0. The summed E-state index contributed by atoms with van der Waals surface area (Å²) in [4.78, 5) is 62.8. The molecule has 4 aliphatic heterocycles. The molecule has 0 amide bonds. The van der Waals surface area contributed by atoms with Gasteiger partial charge >= 0.3 is 244 Å². The van der Waals surface area contributed by atoms with Crippen molar-refractivity contribution in [2.45, 2.75) is 18.9 Å². The fourth-order valence-corrected chi connectivity index (χ4v) is 6.42. The number of furan rings is 1.